The zero-order valence-electron chi connectivity index (χ0n) is 9.02. The Bertz CT molecular complexity index is 329. The van der Waals surface area contributed by atoms with Gasteiger partial charge in [0.05, 0.1) is 11.8 Å². The van der Waals surface area contributed by atoms with Crippen LogP contribution >= 0.6 is 0 Å². The van der Waals surface area contributed by atoms with Gasteiger partial charge in [0.1, 0.15) is 0 Å². The van der Waals surface area contributed by atoms with E-state index in [9.17, 15) is 0 Å². The van der Waals surface area contributed by atoms with Crippen LogP contribution < -0.4 is 10.6 Å². The van der Waals surface area contributed by atoms with Gasteiger partial charge in [-0.3, -0.25) is 0 Å². The summed E-state index contributed by atoms with van der Waals surface area (Å²) in [6, 6.07) is 3.75. The normalized spacial score (nSPS) is 21.7. The lowest BCUT2D eigenvalue weighted by Crippen LogP contribution is -2.40. The summed E-state index contributed by atoms with van der Waals surface area (Å²) in [6.45, 7) is 1.90. The molecule has 0 saturated carbocycles. The molecule has 82 valence electrons. The van der Waals surface area contributed by atoms with Crippen LogP contribution in [0.1, 0.15) is 12.8 Å². The van der Waals surface area contributed by atoms with Gasteiger partial charge in [0.15, 0.2) is 5.82 Å². The van der Waals surface area contributed by atoms with Gasteiger partial charge in [-0.2, -0.15) is 0 Å². The Morgan fingerprint density at radius 1 is 1.60 bits per heavy atom. The van der Waals surface area contributed by atoms with Crippen molar-refractivity contribution in [3.05, 3.63) is 18.3 Å². The number of nitrogen functional groups attached to an aromatic ring is 1. The van der Waals surface area contributed by atoms with Crippen LogP contribution in [0.2, 0.25) is 0 Å². The number of ether oxygens (including phenoxy) is 1. The first-order valence-corrected chi connectivity index (χ1v) is 5.29. The van der Waals surface area contributed by atoms with E-state index in [2.05, 4.69) is 9.88 Å². The van der Waals surface area contributed by atoms with Crippen LogP contribution in [-0.4, -0.2) is 31.3 Å². The molecule has 0 spiro atoms. The highest BCUT2D eigenvalue weighted by Crippen LogP contribution is 2.23. The summed E-state index contributed by atoms with van der Waals surface area (Å²) < 4.78 is 5.37. The molecule has 2 rings (SSSR count). The number of hydrogen-bond donors (Lipinski definition) is 1. The lowest BCUT2D eigenvalue weighted by molar-refractivity contribution is 0.0892. The molecule has 1 saturated heterocycles. The lowest BCUT2D eigenvalue weighted by atomic mass is 10.1. The summed E-state index contributed by atoms with van der Waals surface area (Å²) in [5.41, 5.74) is 6.64. The Balaban J connectivity index is 2.13. The van der Waals surface area contributed by atoms with Gasteiger partial charge in [-0.1, -0.05) is 0 Å². The molecule has 1 unspecified atom stereocenters. The summed E-state index contributed by atoms with van der Waals surface area (Å²) in [5, 5.41) is 0. The zero-order chi connectivity index (χ0) is 10.7. The van der Waals surface area contributed by atoms with Crippen molar-refractivity contribution in [2.75, 3.05) is 30.8 Å². The van der Waals surface area contributed by atoms with Gasteiger partial charge in [-0.15, -0.1) is 0 Å². The summed E-state index contributed by atoms with van der Waals surface area (Å²) in [7, 11) is 1.76. The van der Waals surface area contributed by atoms with Gasteiger partial charge >= 0.3 is 0 Å². The molecule has 1 aromatic rings. The van der Waals surface area contributed by atoms with Crippen LogP contribution in [0.15, 0.2) is 18.3 Å². The monoisotopic (exact) mass is 207 g/mol. The summed E-state index contributed by atoms with van der Waals surface area (Å²) in [5.74, 6) is 0.888. The Hall–Kier alpha value is -1.29. The SMILES string of the molecule is COC1CCCN(c2ncccc2N)C1. The zero-order valence-corrected chi connectivity index (χ0v) is 9.02. The second-order valence-corrected chi connectivity index (χ2v) is 3.86. The average molecular weight is 207 g/mol. The highest BCUT2D eigenvalue weighted by atomic mass is 16.5. The maximum absolute atomic E-state index is 5.89. The molecule has 1 aliphatic rings. The van der Waals surface area contributed by atoms with Gasteiger partial charge in [0.25, 0.3) is 0 Å². The van der Waals surface area contributed by atoms with E-state index in [1.807, 2.05) is 12.1 Å². The highest BCUT2D eigenvalue weighted by Gasteiger charge is 2.21. The number of methoxy groups -OCH3 is 1. The van der Waals surface area contributed by atoms with Crippen molar-refractivity contribution in [3.8, 4) is 0 Å². The Morgan fingerprint density at radius 2 is 2.47 bits per heavy atom. The predicted molar refractivity (Wildman–Crippen MR) is 60.9 cm³/mol. The fourth-order valence-corrected chi connectivity index (χ4v) is 2.00. The van der Waals surface area contributed by atoms with Crippen LogP contribution in [0.25, 0.3) is 0 Å². The third-order valence-electron chi connectivity index (χ3n) is 2.83. The van der Waals surface area contributed by atoms with Gasteiger partial charge < -0.3 is 15.4 Å². The molecule has 4 heteroatoms. The molecule has 0 amide bonds. The lowest BCUT2D eigenvalue weighted by Gasteiger charge is -2.33. The van der Waals surface area contributed by atoms with Gasteiger partial charge in [-0.05, 0) is 25.0 Å². The van der Waals surface area contributed by atoms with Crippen molar-refractivity contribution in [1.29, 1.82) is 0 Å². The summed E-state index contributed by atoms with van der Waals surface area (Å²) >= 11 is 0. The molecule has 15 heavy (non-hydrogen) atoms. The third-order valence-corrected chi connectivity index (χ3v) is 2.83. The van der Waals surface area contributed by atoms with E-state index in [1.165, 1.54) is 0 Å². The average Bonchev–Trinajstić information content (AvgIpc) is 2.30. The number of pyridine rings is 1. The molecule has 2 heterocycles. The number of rotatable bonds is 2. The molecule has 1 fully saturated rings. The molecule has 2 N–H and O–H groups in total. The van der Waals surface area contributed by atoms with Crippen LogP contribution in [0.3, 0.4) is 0 Å². The first-order chi connectivity index (χ1) is 7.31. The molecular formula is C11H17N3O. The number of hydrogen-bond acceptors (Lipinski definition) is 4. The summed E-state index contributed by atoms with van der Waals surface area (Å²) in [6.07, 6.45) is 4.34. The minimum absolute atomic E-state index is 0.306. The first kappa shape index (κ1) is 10.2. The number of nitrogens with two attached hydrogens (primary N) is 1. The molecule has 4 nitrogen and oxygen atoms in total. The largest absolute Gasteiger partial charge is 0.396 e. The standard InChI is InChI=1S/C11H17N3O/c1-15-9-4-3-7-14(8-9)11-10(12)5-2-6-13-11/h2,5-6,9H,3-4,7-8,12H2,1H3. The molecule has 0 radical (unpaired) electrons. The molecule has 0 bridgehead atoms. The van der Waals surface area contributed by atoms with Crippen molar-refractivity contribution < 1.29 is 4.74 Å². The van der Waals surface area contributed by atoms with Gasteiger partial charge in [-0.25, -0.2) is 4.98 Å². The van der Waals surface area contributed by atoms with Crippen LogP contribution in [0.5, 0.6) is 0 Å². The van der Waals surface area contributed by atoms with Crippen molar-refractivity contribution in [2.24, 2.45) is 0 Å². The molecule has 1 aromatic heterocycles. The number of aromatic nitrogens is 1. The number of nitrogens with zero attached hydrogens (tertiary/aromatic N) is 2. The van der Waals surface area contributed by atoms with E-state index in [0.29, 0.717) is 6.10 Å². The second kappa shape index (κ2) is 4.49. The van der Waals surface area contributed by atoms with Crippen molar-refractivity contribution >= 4 is 11.5 Å². The number of piperidine rings is 1. The fraction of sp³-hybridized carbons (Fsp3) is 0.545. The van der Waals surface area contributed by atoms with E-state index in [-0.39, 0.29) is 0 Å². The van der Waals surface area contributed by atoms with Crippen molar-refractivity contribution in [3.63, 3.8) is 0 Å². The molecular weight excluding hydrogens is 190 g/mol. The minimum atomic E-state index is 0.306. The Kier molecular flexibility index (Phi) is 3.06. The maximum Gasteiger partial charge on any atom is 0.151 e. The smallest absolute Gasteiger partial charge is 0.151 e. The van der Waals surface area contributed by atoms with E-state index in [1.54, 1.807) is 13.3 Å². The van der Waals surface area contributed by atoms with Crippen LogP contribution in [0, 0.1) is 0 Å². The minimum Gasteiger partial charge on any atom is -0.396 e. The Morgan fingerprint density at radius 3 is 3.20 bits per heavy atom. The van der Waals surface area contributed by atoms with Crippen molar-refractivity contribution in [2.45, 2.75) is 18.9 Å². The maximum atomic E-state index is 5.89. The molecule has 0 aromatic carbocycles. The predicted octanol–water partition coefficient (Wildman–Crippen LogP) is 1.28. The van der Waals surface area contributed by atoms with Crippen LogP contribution in [0.4, 0.5) is 11.5 Å². The summed E-state index contributed by atoms with van der Waals surface area (Å²) in [4.78, 5) is 6.52. The van der Waals surface area contributed by atoms with E-state index in [0.717, 1.165) is 37.4 Å². The van der Waals surface area contributed by atoms with Crippen LogP contribution in [-0.2, 0) is 4.74 Å². The molecule has 1 aliphatic heterocycles. The first-order valence-electron chi connectivity index (χ1n) is 5.29. The van der Waals surface area contributed by atoms with Gasteiger partial charge in [0.2, 0.25) is 0 Å². The third kappa shape index (κ3) is 2.21. The molecule has 1 atom stereocenters. The quantitative estimate of drug-likeness (QED) is 0.793. The number of anilines is 2. The fourth-order valence-electron chi connectivity index (χ4n) is 2.00. The van der Waals surface area contributed by atoms with E-state index < -0.39 is 0 Å². The van der Waals surface area contributed by atoms with E-state index in [4.69, 9.17) is 10.5 Å². The topological polar surface area (TPSA) is 51.4 Å². The van der Waals surface area contributed by atoms with Crippen molar-refractivity contribution in [1.82, 2.24) is 4.98 Å². The highest BCUT2D eigenvalue weighted by molar-refractivity contribution is 5.62. The van der Waals surface area contributed by atoms with Gasteiger partial charge in [0, 0.05) is 26.4 Å². The van der Waals surface area contributed by atoms with E-state index >= 15 is 0 Å². The molecule has 0 aliphatic carbocycles. The second-order valence-electron chi connectivity index (χ2n) is 3.86. The Labute approximate surface area is 90.0 Å².